The Morgan fingerprint density at radius 2 is 1.38 bits per heavy atom. The van der Waals surface area contributed by atoms with Gasteiger partial charge in [0.2, 0.25) is 0 Å². The Morgan fingerprint density at radius 3 is 1.97 bits per heavy atom. The fourth-order valence-corrected chi connectivity index (χ4v) is 4.78. The van der Waals surface area contributed by atoms with Gasteiger partial charge in [-0.3, -0.25) is 4.79 Å². The molecule has 5 rings (SSSR count). The molecule has 0 bridgehead atoms. The van der Waals surface area contributed by atoms with Crippen LogP contribution in [0.4, 0.5) is 5.69 Å². The summed E-state index contributed by atoms with van der Waals surface area (Å²) in [6, 6.07) is 28.7. The summed E-state index contributed by atoms with van der Waals surface area (Å²) in [5.74, 6) is 1.31. The van der Waals surface area contributed by atoms with E-state index in [4.69, 9.17) is 4.74 Å². The number of nitrogens with one attached hydrogen (secondary N) is 1. The first-order chi connectivity index (χ1) is 16.7. The van der Waals surface area contributed by atoms with E-state index in [-0.39, 0.29) is 12.6 Å². The molecule has 3 aromatic carbocycles. The highest BCUT2D eigenvalue weighted by atomic mass is 16.5. The molecule has 4 nitrogen and oxygen atoms in total. The normalized spacial score (nSPS) is 17.0. The Labute approximate surface area is 201 Å². The molecular weight excluding hydrogens is 419 g/mol. The quantitative estimate of drug-likeness (QED) is 0.466. The van der Waals surface area contributed by atoms with Crippen molar-refractivity contribution in [1.82, 2.24) is 0 Å². The number of likely N-dealkylation sites (N-methyl/N-ethyl adjacent to an activating group) is 1. The standard InChI is InChI=1S/C29H27BN2O2/c1-3-31(4-2)24-19-20-25(27(33)21-24)29-32(26-17-11-12-18-28(26)34-29)30(22-13-7-5-8-14-22)23-15-9-6-10-16-23/h5-21H,3-4H2,1-2H3/p+1. The van der Waals surface area contributed by atoms with Crippen LogP contribution < -0.4 is 25.4 Å². The minimum Gasteiger partial charge on any atom is -0.439 e. The summed E-state index contributed by atoms with van der Waals surface area (Å²) in [4.78, 5) is 16.9. The molecule has 0 spiro atoms. The van der Waals surface area contributed by atoms with Crippen LogP contribution in [-0.2, 0) is 4.79 Å². The molecule has 5 heteroatoms. The van der Waals surface area contributed by atoms with Crippen LogP contribution in [0.25, 0.3) is 0 Å². The van der Waals surface area contributed by atoms with E-state index in [1.54, 1.807) is 6.08 Å². The van der Waals surface area contributed by atoms with Crippen molar-refractivity contribution in [3.8, 4) is 5.75 Å². The van der Waals surface area contributed by atoms with Crippen molar-refractivity contribution in [2.24, 2.45) is 0 Å². The maximum Gasteiger partial charge on any atom is 0.331 e. The molecule has 1 aliphatic carbocycles. The number of quaternary nitrogens is 1. The third-order valence-corrected chi connectivity index (χ3v) is 6.51. The number of carbonyl (C=O) groups excluding carboxylic acids is 1. The lowest BCUT2D eigenvalue weighted by Gasteiger charge is -2.28. The third kappa shape index (κ3) is 3.99. The van der Waals surface area contributed by atoms with Crippen LogP contribution >= 0.6 is 0 Å². The zero-order valence-electron chi connectivity index (χ0n) is 19.6. The molecule has 34 heavy (non-hydrogen) atoms. The van der Waals surface area contributed by atoms with Crippen LogP contribution in [0, 0.1) is 0 Å². The third-order valence-electron chi connectivity index (χ3n) is 6.51. The number of carbonyl (C=O) groups is 1. The second-order valence-corrected chi connectivity index (χ2v) is 8.49. The van der Waals surface area contributed by atoms with Gasteiger partial charge in [0.15, 0.2) is 17.4 Å². The summed E-state index contributed by atoms with van der Waals surface area (Å²) >= 11 is 0. The number of hydrogen-bond donors (Lipinski definition) is 1. The fraction of sp³-hybridized carbons (Fsp3) is 0.138. The highest BCUT2D eigenvalue weighted by molar-refractivity contribution is 6.88. The molecular formula is C29H28BN2O2+. The monoisotopic (exact) mass is 447 g/mol. The van der Waals surface area contributed by atoms with Gasteiger partial charge in [-0.2, -0.15) is 0 Å². The molecule has 0 unspecified atom stereocenters. The van der Waals surface area contributed by atoms with E-state index in [1.807, 2.05) is 36.4 Å². The Morgan fingerprint density at radius 1 is 0.794 bits per heavy atom. The molecule has 0 fully saturated rings. The molecule has 1 aliphatic heterocycles. The van der Waals surface area contributed by atoms with E-state index in [9.17, 15) is 4.79 Å². The number of nitrogens with zero attached hydrogens (tertiary/aromatic N) is 1. The minimum absolute atomic E-state index is 0.0235. The number of allylic oxidation sites excluding steroid dienone is 4. The van der Waals surface area contributed by atoms with Gasteiger partial charge in [-0.05, 0) is 32.1 Å². The number of rotatable bonds is 6. The van der Waals surface area contributed by atoms with E-state index in [0.29, 0.717) is 11.5 Å². The van der Waals surface area contributed by atoms with Crippen LogP contribution in [-0.4, -0.2) is 25.7 Å². The van der Waals surface area contributed by atoms with Crippen molar-refractivity contribution < 1.29 is 14.4 Å². The molecule has 0 radical (unpaired) electrons. The number of hydrogen-bond acceptors (Lipinski definition) is 3. The van der Waals surface area contributed by atoms with Gasteiger partial charge >= 0.3 is 6.85 Å². The van der Waals surface area contributed by atoms with Gasteiger partial charge in [-0.1, -0.05) is 83.7 Å². The second kappa shape index (κ2) is 9.58. The topological polar surface area (TPSA) is 34.0 Å². The molecule has 0 saturated carbocycles. The average molecular weight is 447 g/mol. The number of fused-ring (bicyclic) bond motifs is 1. The van der Waals surface area contributed by atoms with Gasteiger partial charge in [0.1, 0.15) is 5.70 Å². The van der Waals surface area contributed by atoms with Gasteiger partial charge in [-0.15, -0.1) is 0 Å². The first kappa shape index (κ1) is 22.0. The van der Waals surface area contributed by atoms with Gasteiger partial charge in [0.05, 0.1) is 24.4 Å². The summed E-state index contributed by atoms with van der Waals surface area (Å²) < 4.78 is 6.40. The molecule has 0 aromatic heterocycles. The Hall–Kier alpha value is -3.83. The molecule has 1 N–H and O–H groups in total. The molecule has 0 atom stereocenters. The lowest BCUT2D eigenvalue weighted by molar-refractivity contribution is -0.853. The Balaban J connectivity index is 1.67. The summed E-state index contributed by atoms with van der Waals surface area (Å²) in [5, 5.41) is 0. The molecule has 0 saturated heterocycles. The van der Waals surface area contributed by atoms with Crippen molar-refractivity contribution >= 4 is 29.2 Å². The summed E-state index contributed by atoms with van der Waals surface area (Å²) in [7, 11) is 0. The van der Waals surface area contributed by atoms with Gasteiger partial charge in [-0.25, -0.2) is 0 Å². The number of ketones is 1. The van der Waals surface area contributed by atoms with E-state index < -0.39 is 0 Å². The molecule has 3 aromatic rings. The van der Waals surface area contributed by atoms with Crippen LogP contribution in [0.15, 0.2) is 120 Å². The van der Waals surface area contributed by atoms with Gasteiger partial charge < -0.3 is 14.4 Å². The highest BCUT2D eigenvalue weighted by Gasteiger charge is 2.39. The Bertz CT molecular complexity index is 1240. The van der Waals surface area contributed by atoms with E-state index >= 15 is 0 Å². The van der Waals surface area contributed by atoms with Gasteiger partial charge in [0, 0.05) is 12.2 Å². The molecule has 1 heterocycles. The van der Waals surface area contributed by atoms with E-state index in [1.165, 1.54) is 4.90 Å². The number of para-hydroxylation sites is 2. The SMILES string of the molecule is CC[NH+](CC)C1=CC(=O)C(=C2Oc3ccccc3N2B(c2ccccc2)c2ccccc2)C=C1. The van der Waals surface area contributed by atoms with Crippen LogP contribution in [0.5, 0.6) is 5.75 Å². The summed E-state index contributed by atoms with van der Waals surface area (Å²) in [6.07, 6.45) is 5.73. The summed E-state index contributed by atoms with van der Waals surface area (Å²) in [5.41, 5.74) is 4.80. The smallest absolute Gasteiger partial charge is 0.331 e. The Kier molecular flexibility index (Phi) is 6.19. The van der Waals surface area contributed by atoms with E-state index in [0.717, 1.165) is 41.1 Å². The fourth-order valence-electron chi connectivity index (χ4n) is 4.78. The van der Waals surface area contributed by atoms with Crippen LogP contribution in [0.2, 0.25) is 0 Å². The van der Waals surface area contributed by atoms with E-state index in [2.05, 4.69) is 79.3 Å². The van der Waals surface area contributed by atoms with Crippen molar-refractivity contribution in [1.29, 1.82) is 0 Å². The largest absolute Gasteiger partial charge is 0.439 e. The molecule has 0 amide bonds. The highest BCUT2D eigenvalue weighted by Crippen LogP contribution is 2.41. The lowest BCUT2D eigenvalue weighted by Crippen LogP contribution is -3.09. The molecule has 2 aliphatic rings. The number of anilines is 1. The maximum absolute atomic E-state index is 13.4. The predicted molar refractivity (Wildman–Crippen MR) is 139 cm³/mol. The zero-order chi connectivity index (χ0) is 23.5. The molecule has 168 valence electrons. The average Bonchev–Trinajstić information content (AvgIpc) is 3.25. The maximum atomic E-state index is 13.4. The van der Waals surface area contributed by atoms with Crippen LogP contribution in [0.3, 0.4) is 0 Å². The first-order valence-corrected chi connectivity index (χ1v) is 11.9. The number of benzene rings is 3. The van der Waals surface area contributed by atoms with Gasteiger partial charge in [0.25, 0.3) is 0 Å². The van der Waals surface area contributed by atoms with Crippen molar-refractivity contribution in [3.05, 3.63) is 120 Å². The zero-order valence-corrected chi connectivity index (χ0v) is 19.6. The second-order valence-electron chi connectivity index (χ2n) is 8.49. The van der Waals surface area contributed by atoms with Crippen molar-refractivity contribution in [2.45, 2.75) is 13.8 Å². The minimum atomic E-state index is -0.145. The predicted octanol–water partition coefficient (Wildman–Crippen LogP) is 2.85. The van der Waals surface area contributed by atoms with Crippen molar-refractivity contribution in [2.75, 3.05) is 17.9 Å². The number of ether oxygens (including phenoxy) is 1. The van der Waals surface area contributed by atoms with Crippen molar-refractivity contribution in [3.63, 3.8) is 0 Å². The van der Waals surface area contributed by atoms with Crippen LogP contribution in [0.1, 0.15) is 13.8 Å². The lowest BCUT2D eigenvalue weighted by atomic mass is 9.49. The first-order valence-electron chi connectivity index (χ1n) is 11.9. The summed E-state index contributed by atoms with van der Waals surface area (Å²) in [6.45, 7) is 5.99.